The van der Waals surface area contributed by atoms with Crippen LogP contribution >= 0.6 is 7.60 Å². The lowest BCUT2D eigenvalue weighted by Gasteiger charge is -2.16. The molecule has 0 bridgehead atoms. The summed E-state index contributed by atoms with van der Waals surface area (Å²) in [5.41, 5.74) is 1.77. The van der Waals surface area contributed by atoms with E-state index in [2.05, 4.69) is 0 Å². The lowest BCUT2D eigenvalue weighted by atomic mass is 10.1. The first-order chi connectivity index (χ1) is 9.86. The normalized spacial score (nSPS) is 15.4. The lowest BCUT2D eigenvalue weighted by molar-refractivity contribution is -0.116. The SMILES string of the molecule is CCC(C)OP(=O)(O)CC(=O)Cc1cccc(COC)c1. The van der Waals surface area contributed by atoms with Crippen LogP contribution in [0.25, 0.3) is 0 Å². The Hall–Kier alpha value is -1.00. The van der Waals surface area contributed by atoms with E-state index >= 15 is 0 Å². The largest absolute Gasteiger partial charge is 0.380 e. The van der Waals surface area contributed by atoms with Gasteiger partial charge in [-0.25, -0.2) is 0 Å². The van der Waals surface area contributed by atoms with E-state index in [1.54, 1.807) is 14.0 Å². The first-order valence-corrected chi connectivity index (χ1v) is 8.71. The second kappa shape index (κ2) is 8.44. The number of hydrogen-bond donors (Lipinski definition) is 1. The average molecular weight is 314 g/mol. The van der Waals surface area contributed by atoms with Crippen LogP contribution in [-0.4, -0.2) is 30.1 Å². The van der Waals surface area contributed by atoms with Crippen LogP contribution in [-0.2, 0) is 31.6 Å². The summed E-state index contributed by atoms with van der Waals surface area (Å²) in [5.74, 6) is -0.307. The van der Waals surface area contributed by atoms with Gasteiger partial charge in [-0.1, -0.05) is 31.2 Å². The Balaban J connectivity index is 2.61. The van der Waals surface area contributed by atoms with Crippen LogP contribution in [0.3, 0.4) is 0 Å². The van der Waals surface area contributed by atoms with Gasteiger partial charge in [0.2, 0.25) is 0 Å². The second-order valence-electron chi connectivity index (χ2n) is 5.09. The number of ketones is 1. The maximum atomic E-state index is 11.9. The molecule has 0 heterocycles. The van der Waals surface area contributed by atoms with Crippen molar-refractivity contribution >= 4 is 13.4 Å². The number of benzene rings is 1. The number of rotatable bonds is 9. The molecule has 0 amide bonds. The Morgan fingerprint density at radius 3 is 2.67 bits per heavy atom. The Labute approximate surface area is 125 Å². The van der Waals surface area contributed by atoms with Crippen molar-refractivity contribution in [3.8, 4) is 0 Å². The third-order valence-electron chi connectivity index (χ3n) is 3.00. The van der Waals surface area contributed by atoms with E-state index in [4.69, 9.17) is 9.26 Å². The Morgan fingerprint density at radius 1 is 1.38 bits per heavy atom. The van der Waals surface area contributed by atoms with Crippen LogP contribution < -0.4 is 0 Å². The molecule has 1 rings (SSSR count). The summed E-state index contributed by atoms with van der Waals surface area (Å²) in [4.78, 5) is 21.6. The molecule has 0 aromatic heterocycles. The molecule has 118 valence electrons. The summed E-state index contributed by atoms with van der Waals surface area (Å²) in [6, 6.07) is 7.42. The zero-order chi connectivity index (χ0) is 15.9. The molecule has 0 radical (unpaired) electrons. The lowest BCUT2D eigenvalue weighted by Crippen LogP contribution is -2.13. The highest BCUT2D eigenvalue weighted by Crippen LogP contribution is 2.43. The van der Waals surface area contributed by atoms with Crippen LogP contribution in [0.1, 0.15) is 31.4 Å². The van der Waals surface area contributed by atoms with E-state index in [-0.39, 0.29) is 18.3 Å². The summed E-state index contributed by atoms with van der Waals surface area (Å²) in [5, 5.41) is 0. The van der Waals surface area contributed by atoms with Gasteiger partial charge in [-0.2, -0.15) is 0 Å². The van der Waals surface area contributed by atoms with Gasteiger partial charge in [-0.05, 0) is 24.5 Å². The molecule has 0 aliphatic carbocycles. The Bertz CT molecular complexity index is 515. The minimum absolute atomic E-state index is 0.117. The minimum Gasteiger partial charge on any atom is -0.380 e. The molecular weight excluding hydrogens is 291 g/mol. The topological polar surface area (TPSA) is 72.8 Å². The number of carbonyl (C=O) groups is 1. The molecule has 0 aliphatic rings. The van der Waals surface area contributed by atoms with Gasteiger partial charge >= 0.3 is 7.60 Å². The smallest absolute Gasteiger partial charge is 0.335 e. The fraction of sp³-hybridized carbons (Fsp3) is 0.533. The predicted molar refractivity (Wildman–Crippen MR) is 81.4 cm³/mol. The second-order valence-corrected chi connectivity index (χ2v) is 6.89. The van der Waals surface area contributed by atoms with Crippen molar-refractivity contribution in [2.75, 3.05) is 13.3 Å². The maximum absolute atomic E-state index is 11.9. The summed E-state index contributed by atoms with van der Waals surface area (Å²) in [6.07, 6.45) is -0.0472. The van der Waals surface area contributed by atoms with Crippen LogP contribution in [0.5, 0.6) is 0 Å². The molecule has 1 aromatic carbocycles. The summed E-state index contributed by atoms with van der Waals surface area (Å²) >= 11 is 0. The quantitative estimate of drug-likeness (QED) is 0.709. The van der Waals surface area contributed by atoms with Crippen molar-refractivity contribution in [3.63, 3.8) is 0 Å². The molecule has 2 atom stereocenters. The Morgan fingerprint density at radius 2 is 2.05 bits per heavy atom. The number of hydrogen-bond acceptors (Lipinski definition) is 4. The molecule has 0 saturated heterocycles. The van der Waals surface area contributed by atoms with E-state index in [1.165, 1.54) is 0 Å². The maximum Gasteiger partial charge on any atom is 0.335 e. The van der Waals surface area contributed by atoms with Gasteiger partial charge < -0.3 is 14.2 Å². The molecular formula is C15H23O5P. The minimum atomic E-state index is -3.86. The predicted octanol–water partition coefficient (Wildman–Crippen LogP) is 2.95. The van der Waals surface area contributed by atoms with E-state index < -0.39 is 13.8 Å². The molecule has 0 saturated carbocycles. The molecule has 1 aromatic rings. The van der Waals surface area contributed by atoms with Crippen molar-refractivity contribution in [1.29, 1.82) is 0 Å². The van der Waals surface area contributed by atoms with Crippen molar-refractivity contribution in [2.24, 2.45) is 0 Å². The fourth-order valence-corrected chi connectivity index (χ4v) is 3.24. The van der Waals surface area contributed by atoms with Gasteiger partial charge in [0.15, 0.2) is 0 Å². The molecule has 1 N–H and O–H groups in total. The van der Waals surface area contributed by atoms with Crippen molar-refractivity contribution in [1.82, 2.24) is 0 Å². The van der Waals surface area contributed by atoms with Crippen molar-refractivity contribution < 1.29 is 23.5 Å². The van der Waals surface area contributed by atoms with Crippen molar-refractivity contribution in [3.05, 3.63) is 35.4 Å². The molecule has 0 aliphatic heterocycles. The van der Waals surface area contributed by atoms with Gasteiger partial charge in [-0.3, -0.25) is 9.36 Å². The highest BCUT2D eigenvalue weighted by Gasteiger charge is 2.26. The summed E-state index contributed by atoms with van der Waals surface area (Å²) in [7, 11) is -2.25. The first kappa shape index (κ1) is 18.1. The number of methoxy groups -OCH3 is 1. The molecule has 21 heavy (non-hydrogen) atoms. The molecule has 5 nitrogen and oxygen atoms in total. The van der Waals surface area contributed by atoms with Gasteiger partial charge in [0.1, 0.15) is 11.9 Å². The van der Waals surface area contributed by atoms with E-state index in [0.717, 1.165) is 11.1 Å². The van der Waals surface area contributed by atoms with E-state index in [9.17, 15) is 14.3 Å². The molecule has 0 spiro atoms. The third-order valence-corrected chi connectivity index (χ3v) is 4.44. The van der Waals surface area contributed by atoms with Gasteiger partial charge in [0.05, 0.1) is 12.7 Å². The molecule has 2 unspecified atom stereocenters. The van der Waals surface area contributed by atoms with E-state index in [0.29, 0.717) is 13.0 Å². The van der Waals surface area contributed by atoms with Gasteiger partial charge in [0.25, 0.3) is 0 Å². The van der Waals surface area contributed by atoms with Crippen LogP contribution in [0.15, 0.2) is 24.3 Å². The summed E-state index contributed by atoms with van der Waals surface area (Å²) < 4.78 is 21.9. The fourth-order valence-electron chi connectivity index (χ4n) is 1.90. The highest BCUT2D eigenvalue weighted by molar-refractivity contribution is 7.53. The third kappa shape index (κ3) is 7.00. The average Bonchev–Trinajstić information content (AvgIpc) is 2.37. The molecule has 0 fully saturated rings. The van der Waals surface area contributed by atoms with Crippen LogP contribution in [0.4, 0.5) is 0 Å². The Kier molecular flexibility index (Phi) is 7.26. The zero-order valence-electron chi connectivity index (χ0n) is 12.7. The monoisotopic (exact) mass is 314 g/mol. The van der Waals surface area contributed by atoms with Gasteiger partial charge in [-0.15, -0.1) is 0 Å². The first-order valence-electron chi connectivity index (χ1n) is 6.95. The van der Waals surface area contributed by atoms with Crippen molar-refractivity contribution in [2.45, 2.75) is 39.4 Å². The molecule has 6 heteroatoms. The van der Waals surface area contributed by atoms with E-state index in [1.807, 2.05) is 31.2 Å². The zero-order valence-corrected chi connectivity index (χ0v) is 13.6. The highest BCUT2D eigenvalue weighted by atomic mass is 31.2. The number of Topliss-reactive ketones (excluding diaryl/α,β-unsaturated/α-hetero) is 1. The number of ether oxygens (including phenoxy) is 1. The van der Waals surface area contributed by atoms with Gasteiger partial charge in [0, 0.05) is 13.5 Å². The van der Waals surface area contributed by atoms with Crippen LogP contribution in [0, 0.1) is 0 Å². The standard InChI is InChI=1S/C15H23O5P/c1-4-12(2)20-21(17,18)11-15(16)9-13-6-5-7-14(8-13)10-19-3/h5-8,12H,4,9-11H2,1-3H3,(H,17,18). The van der Waals surface area contributed by atoms with Crippen LogP contribution in [0.2, 0.25) is 0 Å². The summed E-state index contributed by atoms with van der Waals surface area (Å²) in [6.45, 7) is 4.03. The number of carbonyl (C=O) groups excluding carboxylic acids is 1.